The molecule has 0 bridgehead atoms. The Hall–Kier alpha value is -3.21. The largest absolute Gasteiger partial charge is 0.360 e. The molecule has 8 heteroatoms. The number of hydrogen-bond donors (Lipinski definition) is 3. The summed E-state index contributed by atoms with van der Waals surface area (Å²) < 4.78 is 0. The molecule has 0 saturated heterocycles. The van der Waals surface area contributed by atoms with Gasteiger partial charge in [0, 0.05) is 24.0 Å². The number of nitriles is 1. The van der Waals surface area contributed by atoms with Crippen molar-refractivity contribution in [1.82, 2.24) is 25.9 Å². The highest BCUT2D eigenvalue weighted by molar-refractivity contribution is 5.95. The number of hydrogen-bond acceptors (Lipinski definition) is 6. The molecule has 0 saturated carbocycles. The van der Waals surface area contributed by atoms with Gasteiger partial charge in [0.05, 0.1) is 0 Å². The standard InChI is InChI=1S/C16H19N7O/c1-10(2)8-19-16(24)12-4-5-14(11(3)6-12)18-9-13(7-17)15-20-22-23-21-15/h4-6,9-10,18H,8H2,1-3H3,(H,19,24)(H,20,21,22,23). The molecule has 1 aromatic carbocycles. The maximum absolute atomic E-state index is 12.1. The van der Waals surface area contributed by atoms with Crippen molar-refractivity contribution in [1.29, 1.82) is 5.26 Å². The zero-order valence-electron chi connectivity index (χ0n) is 13.8. The van der Waals surface area contributed by atoms with Crippen molar-refractivity contribution >= 4 is 17.2 Å². The fourth-order valence-electron chi connectivity index (χ4n) is 1.94. The number of aryl methyl sites for hydroxylation is 1. The SMILES string of the molecule is Cc1cc(C(=O)NCC(C)C)ccc1NC=C(C#N)c1nn[nH]n1. The first-order valence-corrected chi connectivity index (χ1v) is 7.50. The maximum Gasteiger partial charge on any atom is 0.251 e. The Bertz CT molecular complexity index is 772. The van der Waals surface area contributed by atoms with Crippen molar-refractivity contribution in [3.8, 4) is 6.07 Å². The Balaban J connectivity index is 2.10. The zero-order chi connectivity index (χ0) is 17.5. The van der Waals surface area contributed by atoms with Gasteiger partial charge in [-0.05, 0) is 41.8 Å². The van der Waals surface area contributed by atoms with E-state index in [4.69, 9.17) is 5.26 Å². The number of allylic oxidation sites excluding steroid dienone is 1. The third-order valence-electron chi connectivity index (χ3n) is 3.24. The molecule has 0 aliphatic rings. The van der Waals surface area contributed by atoms with Gasteiger partial charge in [-0.2, -0.15) is 10.5 Å². The Morgan fingerprint density at radius 3 is 2.83 bits per heavy atom. The topological polar surface area (TPSA) is 119 Å². The van der Waals surface area contributed by atoms with Crippen molar-refractivity contribution in [2.45, 2.75) is 20.8 Å². The van der Waals surface area contributed by atoms with Gasteiger partial charge in [0.25, 0.3) is 5.91 Å². The lowest BCUT2D eigenvalue weighted by Gasteiger charge is -2.10. The number of benzene rings is 1. The molecule has 124 valence electrons. The highest BCUT2D eigenvalue weighted by Crippen LogP contribution is 2.18. The first kappa shape index (κ1) is 17.1. The first-order chi connectivity index (χ1) is 11.5. The number of aromatic nitrogens is 4. The molecule has 0 radical (unpaired) electrons. The second-order valence-electron chi connectivity index (χ2n) is 5.68. The van der Waals surface area contributed by atoms with Gasteiger partial charge in [-0.1, -0.05) is 13.8 Å². The smallest absolute Gasteiger partial charge is 0.251 e. The summed E-state index contributed by atoms with van der Waals surface area (Å²) in [6, 6.07) is 7.33. The van der Waals surface area contributed by atoms with E-state index in [2.05, 4.69) is 31.3 Å². The second kappa shape index (κ2) is 7.87. The summed E-state index contributed by atoms with van der Waals surface area (Å²) in [5, 5.41) is 28.3. The average Bonchev–Trinajstić information content (AvgIpc) is 3.08. The molecule has 0 fully saturated rings. The summed E-state index contributed by atoms with van der Waals surface area (Å²) in [5.41, 5.74) is 2.52. The van der Waals surface area contributed by atoms with E-state index in [1.807, 2.05) is 26.8 Å². The van der Waals surface area contributed by atoms with E-state index in [0.717, 1.165) is 11.3 Å². The molecule has 3 N–H and O–H groups in total. The number of carbonyl (C=O) groups excluding carboxylic acids is 1. The highest BCUT2D eigenvalue weighted by Gasteiger charge is 2.09. The summed E-state index contributed by atoms with van der Waals surface area (Å²) in [7, 11) is 0. The van der Waals surface area contributed by atoms with Crippen LogP contribution >= 0.6 is 0 Å². The molecule has 8 nitrogen and oxygen atoms in total. The van der Waals surface area contributed by atoms with E-state index in [-0.39, 0.29) is 17.3 Å². The number of aromatic amines is 1. The lowest BCUT2D eigenvalue weighted by Crippen LogP contribution is -2.27. The van der Waals surface area contributed by atoms with Crippen LogP contribution in [0.3, 0.4) is 0 Å². The van der Waals surface area contributed by atoms with Gasteiger partial charge in [0.1, 0.15) is 11.6 Å². The number of rotatable bonds is 6. The monoisotopic (exact) mass is 325 g/mol. The minimum Gasteiger partial charge on any atom is -0.360 e. The fraction of sp³-hybridized carbons (Fsp3) is 0.312. The van der Waals surface area contributed by atoms with Crippen LogP contribution in [0, 0.1) is 24.2 Å². The number of anilines is 1. The minimum absolute atomic E-state index is 0.0987. The molecule has 0 aliphatic carbocycles. The number of carbonyl (C=O) groups is 1. The van der Waals surface area contributed by atoms with Gasteiger partial charge in [-0.25, -0.2) is 0 Å². The number of nitrogens with zero attached hydrogens (tertiary/aromatic N) is 4. The Labute approximate surface area is 140 Å². The van der Waals surface area contributed by atoms with Crippen LogP contribution in [0.15, 0.2) is 24.4 Å². The lowest BCUT2D eigenvalue weighted by molar-refractivity contribution is 0.0949. The maximum atomic E-state index is 12.1. The van der Waals surface area contributed by atoms with Crippen LogP contribution < -0.4 is 10.6 Å². The molecule has 1 aromatic heterocycles. The molecule has 2 aromatic rings. The predicted octanol–water partition coefficient (Wildman–Crippen LogP) is 1.87. The van der Waals surface area contributed by atoms with Crippen molar-refractivity contribution in [3.63, 3.8) is 0 Å². The summed E-state index contributed by atoms with van der Waals surface area (Å²) in [4.78, 5) is 12.1. The van der Waals surface area contributed by atoms with E-state index in [1.165, 1.54) is 6.20 Å². The molecule has 0 spiro atoms. The molecule has 0 unspecified atom stereocenters. The van der Waals surface area contributed by atoms with Crippen molar-refractivity contribution in [3.05, 3.63) is 41.4 Å². The molecule has 24 heavy (non-hydrogen) atoms. The highest BCUT2D eigenvalue weighted by atomic mass is 16.1. The first-order valence-electron chi connectivity index (χ1n) is 7.50. The van der Waals surface area contributed by atoms with E-state index in [9.17, 15) is 4.79 Å². The number of tetrazole rings is 1. The summed E-state index contributed by atoms with van der Waals surface area (Å²) >= 11 is 0. The lowest BCUT2D eigenvalue weighted by atomic mass is 10.1. The van der Waals surface area contributed by atoms with Crippen LogP contribution in [0.4, 0.5) is 5.69 Å². The second-order valence-corrected chi connectivity index (χ2v) is 5.68. The quantitative estimate of drug-likeness (QED) is 0.697. The van der Waals surface area contributed by atoms with E-state index < -0.39 is 0 Å². The van der Waals surface area contributed by atoms with Gasteiger partial charge in [-0.15, -0.1) is 10.2 Å². The minimum atomic E-state index is -0.0987. The Kier molecular flexibility index (Phi) is 5.63. The molecular formula is C16H19N7O. The third kappa shape index (κ3) is 4.39. The third-order valence-corrected chi connectivity index (χ3v) is 3.24. The van der Waals surface area contributed by atoms with E-state index in [1.54, 1.807) is 18.2 Å². The van der Waals surface area contributed by atoms with Crippen LogP contribution in [0.25, 0.3) is 5.57 Å². The number of amides is 1. The summed E-state index contributed by atoms with van der Waals surface area (Å²) in [6.07, 6.45) is 1.51. The summed E-state index contributed by atoms with van der Waals surface area (Å²) in [6.45, 7) is 6.61. The van der Waals surface area contributed by atoms with Gasteiger partial charge in [0.2, 0.25) is 5.82 Å². The molecule has 2 rings (SSSR count). The predicted molar refractivity (Wildman–Crippen MR) is 89.7 cm³/mol. The molecule has 0 aliphatic heterocycles. The van der Waals surface area contributed by atoms with Crippen LogP contribution in [-0.4, -0.2) is 33.1 Å². The van der Waals surface area contributed by atoms with Crippen LogP contribution in [0.5, 0.6) is 0 Å². The molecule has 1 heterocycles. The van der Waals surface area contributed by atoms with E-state index >= 15 is 0 Å². The Morgan fingerprint density at radius 1 is 1.46 bits per heavy atom. The van der Waals surface area contributed by atoms with Crippen LogP contribution in [-0.2, 0) is 0 Å². The number of nitrogens with one attached hydrogen (secondary N) is 3. The van der Waals surface area contributed by atoms with Crippen LogP contribution in [0.1, 0.15) is 35.6 Å². The molecular weight excluding hydrogens is 306 g/mol. The Morgan fingerprint density at radius 2 is 2.25 bits per heavy atom. The van der Waals surface area contributed by atoms with Crippen LogP contribution in [0.2, 0.25) is 0 Å². The van der Waals surface area contributed by atoms with Crippen molar-refractivity contribution in [2.75, 3.05) is 11.9 Å². The molecule has 1 amide bonds. The zero-order valence-corrected chi connectivity index (χ0v) is 13.8. The normalized spacial score (nSPS) is 11.2. The average molecular weight is 325 g/mol. The van der Waals surface area contributed by atoms with Gasteiger partial charge >= 0.3 is 0 Å². The van der Waals surface area contributed by atoms with Crippen molar-refractivity contribution < 1.29 is 4.79 Å². The fourth-order valence-corrected chi connectivity index (χ4v) is 1.94. The molecule has 0 atom stereocenters. The summed E-state index contributed by atoms with van der Waals surface area (Å²) in [5.74, 6) is 0.515. The van der Waals surface area contributed by atoms with Gasteiger partial charge < -0.3 is 10.6 Å². The number of H-pyrrole nitrogens is 1. The van der Waals surface area contributed by atoms with E-state index in [0.29, 0.717) is 18.0 Å². The van der Waals surface area contributed by atoms with Gasteiger partial charge in [-0.3, -0.25) is 4.79 Å². The van der Waals surface area contributed by atoms with Gasteiger partial charge in [0.15, 0.2) is 0 Å². The van der Waals surface area contributed by atoms with Crippen molar-refractivity contribution in [2.24, 2.45) is 5.92 Å².